The smallest absolute Gasteiger partial charge is 0.255 e. The van der Waals surface area contributed by atoms with Crippen molar-refractivity contribution in [3.05, 3.63) is 26.3 Å². The molecule has 15 heavy (non-hydrogen) atoms. The van der Waals surface area contributed by atoms with E-state index in [9.17, 15) is 9.18 Å². The number of rotatable bonds is 3. The van der Waals surface area contributed by atoms with Gasteiger partial charge < -0.3 is 5.32 Å². The third kappa shape index (κ3) is 3.01. The summed E-state index contributed by atoms with van der Waals surface area (Å²) in [5.41, 5.74) is -0.0379. The van der Waals surface area contributed by atoms with Crippen molar-refractivity contribution in [2.24, 2.45) is 0 Å². The van der Waals surface area contributed by atoms with Crippen LogP contribution in [0.4, 0.5) is 4.39 Å². The second kappa shape index (κ2) is 5.60. The number of hydrogen-bond acceptors (Lipinski definition) is 2. The Hall–Kier alpha value is -0.430. The lowest BCUT2D eigenvalue weighted by atomic mass is 10.2. The maximum absolute atomic E-state index is 13.5. The maximum atomic E-state index is 13.5. The normalized spacial score (nSPS) is 10.1. The van der Waals surface area contributed by atoms with Gasteiger partial charge in [-0.1, -0.05) is 18.5 Å². The van der Waals surface area contributed by atoms with Gasteiger partial charge in [0.15, 0.2) is 11.0 Å². The number of halogens is 3. The fraction of sp³-hybridized carbons (Fsp3) is 0.333. The highest BCUT2D eigenvalue weighted by Crippen LogP contribution is 2.20. The van der Waals surface area contributed by atoms with Crippen LogP contribution in [-0.4, -0.2) is 17.4 Å². The molecule has 0 atom stereocenters. The molecule has 6 heteroatoms. The summed E-state index contributed by atoms with van der Waals surface area (Å²) in [6, 6.07) is 0. The highest BCUT2D eigenvalue weighted by atomic mass is 127. The first-order chi connectivity index (χ1) is 7.07. The van der Waals surface area contributed by atoms with E-state index < -0.39 is 11.7 Å². The highest BCUT2D eigenvalue weighted by Gasteiger charge is 2.18. The molecule has 0 aliphatic carbocycles. The van der Waals surface area contributed by atoms with Crippen LogP contribution in [0.15, 0.2) is 6.20 Å². The van der Waals surface area contributed by atoms with E-state index in [1.54, 1.807) is 0 Å². The third-order valence-electron chi connectivity index (χ3n) is 1.69. The lowest BCUT2D eigenvalue weighted by molar-refractivity contribution is 0.0948. The Labute approximate surface area is 106 Å². The number of pyridine rings is 1. The lowest BCUT2D eigenvalue weighted by Gasteiger charge is -2.07. The second-order valence-corrected chi connectivity index (χ2v) is 4.36. The monoisotopic (exact) mass is 342 g/mol. The van der Waals surface area contributed by atoms with Gasteiger partial charge in [0.1, 0.15) is 0 Å². The summed E-state index contributed by atoms with van der Waals surface area (Å²) >= 11 is 7.34. The summed E-state index contributed by atoms with van der Waals surface area (Å²) < 4.78 is 13.9. The predicted molar refractivity (Wildman–Crippen MR) is 64.5 cm³/mol. The minimum Gasteiger partial charge on any atom is -0.352 e. The van der Waals surface area contributed by atoms with Crippen LogP contribution < -0.4 is 5.32 Å². The molecular formula is C9H9ClFIN2O. The average Bonchev–Trinajstić information content (AvgIpc) is 2.21. The van der Waals surface area contributed by atoms with Gasteiger partial charge in [-0.3, -0.25) is 4.79 Å². The molecule has 0 spiro atoms. The van der Waals surface area contributed by atoms with Crippen LogP contribution in [0.25, 0.3) is 0 Å². The predicted octanol–water partition coefficient (Wildman–Crippen LogP) is 2.62. The number of aromatic nitrogens is 1. The van der Waals surface area contributed by atoms with Gasteiger partial charge in [0.2, 0.25) is 0 Å². The van der Waals surface area contributed by atoms with E-state index in [0.717, 1.165) is 6.42 Å². The van der Waals surface area contributed by atoms with Crippen molar-refractivity contribution in [2.75, 3.05) is 6.54 Å². The third-order valence-corrected chi connectivity index (χ3v) is 2.77. The van der Waals surface area contributed by atoms with Crippen molar-refractivity contribution >= 4 is 40.1 Å². The van der Waals surface area contributed by atoms with E-state index in [1.165, 1.54) is 6.20 Å². The molecule has 1 rings (SSSR count). The first-order valence-electron chi connectivity index (χ1n) is 4.35. The van der Waals surface area contributed by atoms with Crippen LogP contribution >= 0.6 is 34.2 Å². The Bertz CT molecular complexity index is 387. The molecule has 1 aromatic heterocycles. The molecule has 1 N–H and O–H groups in total. The quantitative estimate of drug-likeness (QED) is 0.678. The molecule has 0 bridgehead atoms. The van der Waals surface area contributed by atoms with Crippen LogP contribution in [0, 0.1) is 9.39 Å². The molecular weight excluding hydrogens is 333 g/mol. The average molecular weight is 343 g/mol. The zero-order chi connectivity index (χ0) is 11.4. The van der Waals surface area contributed by atoms with Crippen molar-refractivity contribution in [1.82, 2.24) is 10.3 Å². The van der Waals surface area contributed by atoms with E-state index in [4.69, 9.17) is 11.6 Å². The molecule has 0 saturated carbocycles. The maximum Gasteiger partial charge on any atom is 0.255 e. The van der Waals surface area contributed by atoms with Gasteiger partial charge in [0, 0.05) is 16.3 Å². The van der Waals surface area contributed by atoms with Crippen LogP contribution in [0.1, 0.15) is 23.7 Å². The lowest BCUT2D eigenvalue weighted by Crippen LogP contribution is -2.26. The SMILES string of the molecule is CCCNC(=O)c1c(I)cnc(Cl)c1F. The molecule has 0 fully saturated rings. The summed E-state index contributed by atoms with van der Waals surface area (Å²) in [6.07, 6.45) is 2.16. The number of nitrogens with one attached hydrogen (secondary N) is 1. The summed E-state index contributed by atoms with van der Waals surface area (Å²) in [6.45, 7) is 2.43. The Balaban J connectivity index is 3.02. The van der Waals surface area contributed by atoms with Gasteiger partial charge in [0.25, 0.3) is 5.91 Å². The highest BCUT2D eigenvalue weighted by molar-refractivity contribution is 14.1. The largest absolute Gasteiger partial charge is 0.352 e. The second-order valence-electron chi connectivity index (χ2n) is 2.84. The van der Waals surface area contributed by atoms with E-state index >= 15 is 0 Å². The summed E-state index contributed by atoms with van der Waals surface area (Å²) in [7, 11) is 0. The zero-order valence-electron chi connectivity index (χ0n) is 7.98. The Morgan fingerprint density at radius 1 is 1.73 bits per heavy atom. The van der Waals surface area contributed by atoms with Crippen LogP contribution in [0.5, 0.6) is 0 Å². The van der Waals surface area contributed by atoms with E-state index in [1.807, 2.05) is 29.5 Å². The first kappa shape index (κ1) is 12.6. The summed E-state index contributed by atoms with van der Waals surface area (Å²) in [5.74, 6) is -1.22. The van der Waals surface area contributed by atoms with Crippen LogP contribution in [0.3, 0.4) is 0 Å². The number of hydrogen-bond donors (Lipinski definition) is 1. The molecule has 0 aliphatic rings. The first-order valence-corrected chi connectivity index (χ1v) is 5.81. The van der Waals surface area contributed by atoms with Gasteiger partial charge >= 0.3 is 0 Å². The van der Waals surface area contributed by atoms with Crippen LogP contribution in [0.2, 0.25) is 5.15 Å². The van der Waals surface area contributed by atoms with Gasteiger partial charge in [-0.05, 0) is 29.0 Å². The standard InChI is InChI=1S/C9H9ClFIN2O/c1-2-3-13-9(15)6-5(12)4-14-8(10)7(6)11/h4H,2-3H2,1H3,(H,13,15). The molecule has 1 aromatic rings. The topological polar surface area (TPSA) is 42.0 Å². The van der Waals surface area contributed by atoms with E-state index in [2.05, 4.69) is 10.3 Å². The molecule has 0 radical (unpaired) electrons. The molecule has 82 valence electrons. The Morgan fingerprint density at radius 3 is 3.00 bits per heavy atom. The fourth-order valence-electron chi connectivity index (χ4n) is 0.978. The number of nitrogens with zero attached hydrogens (tertiary/aromatic N) is 1. The number of carbonyl (C=O) groups excluding carboxylic acids is 1. The zero-order valence-corrected chi connectivity index (χ0v) is 10.9. The molecule has 1 heterocycles. The van der Waals surface area contributed by atoms with E-state index in [0.29, 0.717) is 10.1 Å². The molecule has 0 unspecified atom stereocenters. The minimum atomic E-state index is -0.767. The van der Waals surface area contributed by atoms with E-state index in [-0.39, 0.29) is 10.7 Å². The minimum absolute atomic E-state index is 0.0379. The molecule has 0 saturated heterocycles. The van der Waals surface area contributed by atoms with Crippen molar-refractivity contribution in [2.45, 2.75) is 13.3 Å². The van der Waals surface area contributed by atoms with Crippen molar-refractivity contribution in [3.63, 3.8) is 0 Å². The molecule has 3 nitrogen and oxygen atoms in total. The molecule has 1 amide bonds. The van der Waals surface area contributed by atoms with Crippen molar-refractivity contribution < 1.29 is 9.18 Å². The van der Waals surface area contributed by atoms with Gasteiger partial charge in [0.05, 0.1) is 5.56 Å². The van der Waals surface area contributed by atoms with Crippen molar-refractivity contribution in [1.29, 1.82) is 0 Å². The van der Waals surface area contributed by atoms with Crippen LogP contribution in [-0.2, 0) is 0 Å². The Morgan fingerprint density at radius 2 is 2.40 bits per heavy atom. The molecule has 0 aliphatic heterocycles. The summed E-state index contributed by atoms with van der Waals surface area (Å²) in [5, 5.41) is 2.31. The Kier molecular flexibility index (Phi) is 4.72. The van der Waals surface area contributed by atoms with Crippen molar-refractivity contribution in [3.8, 4) is 0 Å². The van der Waals surface area contributed by atoms with Gasteiger partial charge in [-0.15, -0.1) is 0 Å². The van der Waals surface area contributed by atoms with Gasteiger partial charge in [-0.2, -0.15) is 0 Å². The van der Waals surface area contributed by atoms with Gasteiger partial charge in [-0.25, -0.2) is 9.37 Å². The number of amides is 1. The number of carbonyl (C=O) groups is 1. The fourth-order valence-corrected chi connectivity index (χ4v) is 1.74. The summed E-state index contributed by atoms with van der Waals surface area (Å²) in [4.78, 5) is 15.2. The molecule has 0 aromatic carbocycles.